The minimum Gasteiger partial charge on any atom is -0.496 e. The number of amides is 1. The van der Waals surface area contributed by atoms with Crippen LogP contribution in [0.1, 0.15) is 35.1 Å². The molecule has 5 nitrogen and oxygen atoms in total. The topological polar surface area (TPSA) is 55.6 Å². The molecule has 2 heterocycles. The van der Waals surface area contributed by atoms with E-state index in [1.165, 1.54) is 0 Å². The van der Waals surface area contributed by atoms with Gasteiger partial charge in [-0.25, -0.2) is 4.98 Å². The monoisotopic (exact) mass is 398 g/mol. The standard InChI is InChI=1S/C25H22N2O3/c1-29-22-12-6-5-10-19(22)25(28)27-15-7-11-21(27)24-26-20-16-18(13-14-23(20)30-24)17-8-3-2-4-9-17/h2-6,8-10,12-14,16,21H,7,11,15H2,1H3/t21-/m0/s1. The normalized spacial score (nSPS) is 16.2. The van der Waals surface area contributed by atoms with E-state index in [0.717, 1.165) is 35.1 Å². The molecule has 1 aromatic heterocycles. The lowest BCUT2D eigenvalue weighted by Crippen LogP contribution is -2.31. The molecule has 1 atom stereocenters. The summed E-state index contributed by atoms with van der Waals surface area (Å²) < 4.78 is 11.5. The minimum atomic E-state index is -0.171. The van der Waals surface area contributed by atoms with Crippen LogP contribution in [0.15, 0.2) is 77.2 Å². The van der Waals surface area contributed by atoms with Crippen molar-refractivity contribution in [3.05, 3.63) is 84.3 Å². The molecule has 0 N–H and O–H groups in total. The van der Waals surface area contributed by atoms with Gasteiger partial charge in [-0.1, -0.05) is 48.5 Å². The first kappa shape index (κ1) is 18.4. The van der Waals surface area contributed by atoms with Gasteiger partial charge in [0.25, 0.3) is 5.91 Å². The van der Waals surface area contributed by atoms with Gasteiger partial charge in [0, 0.05) is 6.54 Å². The van der Waals surface area contributed by atoms with Crippen LogP contribution in [0.4, 0.5) is 0 Å². The highest BCUT2D eigenvalue weighted by molar-refractivity contribution is 5.97. The van der Waals surface area contributed by atoms with E-state index in [1.807, 2.05) is 59.5 Å². The number of aromatic nitrogens is 1. The number of oxazole rings is 1. The number of hydrogen-bond acceptors (Lipinski definition) is 4. The summed E-state index contributed by atoms with van der Waals surface area (Å²) in [6.45, 7) is 0.676. The zero-order valence-electron chi connectivity index (χ0n) is 16.7. The first-order valence-corrected chi connectivity index (χ1v) is 10.1. The second-order valence-electron chi connectivity index (χ2n) is 7.46. The fourth-order valence-corrected chi connectivity index (χ4v) is 4.14. The molecule has 0 bridgehead atoms. The predicted molar refractivity (Wildman–Crippen MR) is 115 cm³/mol. The Hall–Kier alpha value is -3.60. The Balaban J connectivity index is 1.47. The first-order valence-electron chi connectivity index (χ1n) is 10.1. The number of para-hydroxylation sites is 1. The van der Waals surface area contributed by atoms with E-state index < -0.39 is 0 Å². The van der Waals surface area contributed by atoms with E-state index in [2.05, 4.69) is 12.1 Å². The van der Waals surface area contributed by atoms with Crippen LogP contribution in [-0.4, -0.2) is 29.4 Å². The summed E-state index contributed by atoms with van der Waals surface area (Å²) >= 11 is 0. The van der Waals surface area contributed by atoms with Gasteiger partial charge in [-0.2, -0.15) is 0 Å². The number of likely N-dealkylation sites (tertiary alicyclic amines) is 1. The summed E-state index contributed by atoms with van der Waals surface area (Å²) in [5, 5.41) is 0. The van der Waals surface area contributed by atoms with E-state index in [4.69, 9.17) is 14.1 Å². The van der Waals surface area contributed by atoms with Crippen LogP contribution in [0.3, 0.4) is 0 Å². The maximum Gasteiger partial charge on any atom is 0.258 e. The summed E-state index contributed by atoms with van der Waals surface area (Å²) in [7, 11) is 1.58. The molecule has 0 saturated carbocycles. The van der Waals surface area contributed by atoms with E-state index in [-0.39, 0.29) is 11.9 Å². The number of hydrogen-bond donors (Lipinski definition) is 0. The van der Waals surface area contributed by atoms with Crippen LogP contribution >= 0.6 is 0 Å². The summed E-state index contributed by atoms with van der Waals surface area (Å²) in [6.07, 6.45) is 1.75. The first-order chi connectivity index (χ1) is 14.7. The number of carbonyl (C=O) groups excluding carboxylic acids is 1. The Morgan fingerprint density at radius 1 is 1.03 bits per heavy atom. The summed E-state index contributed by atoms with van der Waals surface area (Å²) in [6, 6.07) is 23.4. The summed E-state index contributed by atoms with van der Waals surface area (Å²) in [5.74, 6) is 1.12. The molecule has 3 aromatic carbocycles. The highest BCUT2D eigenvalue weighted by atomic mass is 16.5. The number of ether oxygens (including phenoxy) is 1. The molecule has 1 aliphatic heterocycles. The van der Waals surface area contributed by atoms with Crippen LogP contribution in [0.5, 0.6) is 5.75 Å². The number of rotatable bonds is 4. The fourth-order valence-electron chi connectivity index (χ4n) is 4.14. The highest BCUT2D eigenvalue weighted by Gasteiger charge is 2.35. The molecular formula is C25H22N2O3. The second kappa shape index (κ2) is 7.67. The Bertz CT molecular complexity index is 1200. The summed E-state index contributed by atoms with van der Waals surface area (Å²) in [4.78, 5) is 19.8. The number of carbonyl (C=O) groups is 1. The van der Waals surface area contributed by atoms with Crippen LogP contribution in [0.2, 0.25) is 0 Å². The Morgan fingerprint density at radius 2 is 1.83 bits per heavy atom. The predicted octanol–water partition coefficient (Wildman–Crippen LogP) is 5.48. The largest absolute Gasteiger partial charge is 0.496 e. The number of fused-ring (bicyclic) bond motifs is 1. The molecule has 1 fully saturated rings. The molecule has 1 aliphatic rings. The Kier molecular flexibility index (Phi) is 4.71. The lowest BCUT2D eigenvalue weighted by atomic mass is 10.1. The molecule has 150 valence electrons. The number of benzene rings is 3. The third kappa shape index (κ3) is 3.22. The van der Waals surface area contributed by atoms with Crippen LogP contribution < -0.4 is 4.74 Å². The average Bonchev–Trinajstić information content (AvgIpc) is 3.45. The molecule has 0 radical (unpaired) electrons. The SMILES string of the molecule is COc1ccccc1C(=O)N1CCC[C@H]1c1nc2cc(-c3ccccc3)ccc2o1. The Labute approximate surface area is 174 Å². The second-order valence-corrected chi connectivity index (χ2v) is 7.46. The van der Waals surface area contributed by atoms with Gasteiger partial charge in [-0.05, 0) is 48.2 Å². The van der Waals surface area contributed by atoms with Crippen molar-refractivity contribution in [3.63, 3.8) is 0 Å². The van der Waals surface area contributed by atoms with Crippen molar-refractivity contribution in [2.45, 2.75) is 18.9 Å². The quantitative estimate of drug-likeness (QED) is 0.457. The fraction of sp³-hybridized carbons (Fsp3) is 0.200. The van der Waals surface area contributed by atoms with Crippen LogP contribution in [-0.2, 0) is 0 Å². The van der Waals surface area contributed by atoms with Crippen molar-refractivity contribution < 1.29 is 13.9 Å². The maximum atomic E-state index is 13.2. The van der Waals surface area contributed by atoms with Crippen LogP contribution in [0.25, 0.3) is 22.2 Å². The van der Waals surface area contributed by atoms with Crippen molar-refractivity contribution in [1.82, 2.24) is 9.88 Å². The van der Waals surface area contributed by atoms with Crippen molar-refractivity contribution in [2.24, 2.45) is 0 Å². The number of nitrogens with zero attached hydrogens (tertiary/aromatic N) is 2. The van der Waals surface area contributed by atoms with Gasteiger partial charge in [0.05, 0.1) is 12.7 Å². The van der Waals surface area contributed by atoms with Gasteiger partial charge < -0.3 is 14.1 Å². The van der Waals surface area contributed by atoms with Gasteiger partial charge >= 0.3 is 0 Å². The molecular weight excluding hydrogens is 376 g/mol. The lowest BCUT2D eigenvalue weighted by Gasteiger charge is -2.23. The smallest absolute Gasteiger partial charge is 0.258 e. The zero-order valence-corrected chi connectivity index (χ0v) is 16.7. The molecule has 0 aliphatic carbocycles. The van der Waals surface area contributed by atoms with E-state index in [9.17, 15) is 4.79 Å². The lowest BCUT2D eigenvalue weighted by molar-refractivity contribution is 0.0713. The van der Waals surface area contributed by atoms with E-state index in [1.54, 1.807) is 13.2 Å². The third-order valence-corrected chi connectivity index (χ3v) is 5.65. The Morgan fingerprint density at radius 3 is 2.67 bits per heavy atom. The molecule has 5 rings (SSSR count). The van der Waals surface area contributed by atoms with Gasteiger partial charge in [0.1, 0.15) is 17.3 Å². The van der Waals surface area contributed by atoms with Gasteiger partial charge in [-0.3, -0.25) is 4.79 Å². The molecule has 5 heteroatoms. The van der Waals surface area contributed by atoms with Crippen molar-refractivity contribution in [3.8, 4) is 16.9 Å². The average molecular weight is 398 g/mol. The van der Waals surface area contributed by atoms with Gasteiger partial charge in [0.2, 0.25) is 5.89 Å². The maximum absolute atomic E-state index is 13.2. The summed E-state index contributed by atoms with van der Waals surface area (Å²) in [5.41, 5.74) is 4.34. The minimum absolute atomic E-state index is 0.0535. The third-order valence-electron chi connectivity index (χ3n) is 5.65. The zero-order chi connectivity index (χ0) is 20.5. The van der Waals surface area contributed by atoms with E-state index >= 15 is 0 Å². The van der Waals surface area contributed by atoms with Crippen molar-refractivity contribution >= 4 is 17.0 Å². The molecule has 1 saturated heterocycles. The van der Waals surface area contributed by atoms with Crippen molar-refractivity contribution in [1.29, 1.82) is 0 Å². The molecule has 0 spiro atoms. The highest BCUT2D eigenvalue weighted by Crippen LogP contribution is 2.36. The molecule has 30 heavy (non-hydrogen) atoms. The molecule has 1 amide bonds. The van der Waals surface area contributed by atoms with Crippen LogP contribution in [0, 0.1) is 0 Å². The van der Waals surface area contributed by atoms with Gasteiger partial charge in [0.15, 0.2) is 5.58 Å². The van der Waals surface area contributed by atoms with E-state index in [0.29, 0.717) is 23.7 Å². The van der Waals surface area contributed by atoms with Crippen molar-refractivity contribution in [2.75, 3.05) is 13.7 Å². The van der Waals surface area contributed by atoms with Gasteiger partial charge in [-0.15, -0.1) is 0 Å². The molecule has 4 aromatic rings. The molecule has 0 unspecified atom stereocenters. The number of methoxy groups -OCH3 is 1.